The molecule has 1 heterocycles. The number of carbonyl (C=O) groups is 5. The van der Waals surface area contributed by atoms with Crippen LogP contribution in [0.25, 0.3) is 0 Å². The van der Waals surface area contributed by atoms with Crippen molar-refractivity contribution in [2.75, 3.05) is 31.7 Å². The second-order valence-electron chi connectivity index (χ2n) is 9.67. The number of benzene rings is 2. The molecule has 18 heteroatoms. The molecule has 0 aliphatic heterocycles. The van der Waals surface area contributed by atoms with Crippen molar-refractivity contribution in [3.63, 3.8) is 0 Å². The number of esters is 2. The zero-order valence-electron chi connectivity index (χ0n) is 26.3. The summed E-state index contributed by atoms with van der Waals surface area (Å²) in [6.45, 7) is 6.01. The lowest BCUT2D eigenvalue weighted by atomic mass is 10.2. The second-order valence-corrected chi connectivity index (χ2v) is 13.4. The van der Waals surface area contributed by atoms with Gasteiger partial charge in [0.15, 0.2) is 14.8 Å². The molecule has 0 spiro atoms. The van der Waals surface area contributed by atoms with E-state index in [1.54, 1.807) is 50.2 Å². The van der Waals surface area contributed by atoms with E-state index < -0.39 is 47.5 Å². The van der Waals surface area contributed by atoms with E-state index in [2.05, 4.69) is 31.1 Å². The molecule has 3 amide bonds. The summed E-state index contributed by atoms with van der Waals surface area (Å²) in [6, 6.07) is 12.8. The van der Waals surface area contributed by atoms with Crippen LogP contribution in [0.2, 0.25) is 0 Å². The fourth-order valence-electron chi connectivity index (χ4n) is 3.29. The predicted octanol–water partition coefficient (Wildman–Crippen LogP) is 4.69. The number of ether oxygens (including phenoxy) is 4. The number of aromatic nitrogens is 2. The van der Waals surface area contributed by atoms with Crippen molar-refractivity contribution in [1.82, 2.24) is 20.5 Å². The molecule has 0 saturated carbocycles. The number of methoxy groups -OCH3 is 1. The highest BCUT2D eigenvalue weighted by atomic mass is 32.2. The van der Waals surface area contributed by atoms with E-state index in [0.29, 0.717) is 25.8 Å². The minimum Gasteiger partial charge on any atom is -0.481 e. The third kappa shape index (κ3) is 12.0. The summed E-state index contributed by atoms with van der Waals surface area (Å²) in [4.78, 5) is 62.3. The third-order valence-corrected chi connectivity index (χ3v) is 9.24. The van der Waals surface area contributed by atoms with Crippen molar-refractivity contribution < 1.29 is 42.9 Å². The largest absolute Gasteiger partial charge is 0.481 e. The predicted molar refractivity (Wildman–Crippen MR) is 176 cm³/mol. The number of hydrazine groups is 1. The lowest BCUT2D eigenvalue weighted by Crippen LogP contribution is -2.40. The molecular formula is C29H34N6O9S3. The molecule has 0 fully saturated rings. The Labute approximate surface area is 283 Å². The Morgan fingerprint density at radius 1 is 0.894 bits per heavy atom. The highest BCUT2D eigenvalue weighted by Gasteiger charge is 2.26. The van der Waals surface area contributed by atoms with E-state index in [0.717, 1.165) is 45.3 Å². The molecule has 3 N–H and O–H groups in total. The summed E-state index contributed by atoms with van der Waals surface area (Å²) in [5.74, 6) is -0.968. The van der Waals surface area contributed by atoms with Crippen LogP contribution < -0.4 is 20.9 Å². The normalized spacial score (nSPS) is 12.5. The molecule has 15 nitrogen and oxygen atoms in total. The van der Waals surface area contributed by atoms with Crippen LogP contribution in [0.15, 0.2) is 57.2 Å². The first kappa shape index (κ1) is 36.9. The van der Waals surface area contributed by atoms with E-state index >= 15 is 0 Å². The van der Waals surface area contributed by atoms with Crippen molar-refractivity contribution in [3.8, 4) is 5.75 Å². The molecule has 0 radical (unpaired) electrons. The monoisotopic (exact) mass is 706 g/mol. The van der Waals surface area contributed by atoms with Gasteiger partial charge in [-0.1, -0.05) is 40.8 Å². The van der Waals surface area contributed by atoms with Gasteiger partial charge in [0, 0.05) is 24.5 Å². The number of thioether (sulfide) groups is 2. The lowest BCUT2D eigenvalue weighted by molar-refractivity contribution is -0.156. The van der Waals surface area contributed by atoms with Gasteiger partial charge in [-0.05, 0) is 64.1 Å². The van der Waals surface area contributed by atoms with Crippen LogP contribution in [0.3, 0.4) is 0 Å². The first-order valence-corrected chi connectivity index (χ1v) is 16.4. The molecule has 3 rings (SSSR count). The molecule has 252 valence electrons. The zero-order valence-corrected chi connectivity index (χ0v) is 28.7. The summed E-state index contributed by atoms with van der Waals surface area (Å²) in [6.07, 6.45) is -1.66. The van der Waals surface area contributed by atoms with Crippen LogP contribution in [-0.4, -0.2) is 82.6 Å². The lowest BCUT2D eigenvalue weighted by Gasteiger charge is -2.22. The van der Waals surface area contributed by atoms with Gasteiger partial charge in [0.05, 0.1) is 12.8 Å². The number of hydrogen-bond acceptors (Lipinski definition) is 15. The standard InChI is InChI=1S/C29H34N6O9S3/c1-16-7-13-22(14-8-16)44-18(3)23(36)30-20-9-11-21(12-10-20)31-32-26(39)43-15-42-24(37)17(2)35(5)29(40)47-28-34-33-27(46-28)45-19(4)25(38)41-6/h7-14,17-19,31H,15H2,1-6H3,(H,30,36)(H,32,39). The number of rotatable bonds is 14. The highest BCUT2D eigenvalue weighted by molar-refractivity contribution is 8.15. The van der Waals surface area contributed by atoms with E-state index in [1.807, 2.05) is 19.1 Å². The fourth-order valence-corrected chi connectivity index (χ4v) is 6.36. The number of carbonyl (C=O) groups excluding carboxylic acids is 5. The van der Waals surface area contributed by atoms with Crippen molar-refractivity contribution in [2.24, 2.45) is 0 Å². The molecule has 3 atom stereocenters. The quantitative estimate of drug-likeness (QED) is 0.0906. The summed E-state index contributed by atoms with van der Waals surface area (Å²) in [7, 11) is 2.70. The van der Waals surface area contributed by atoms with E-state index in [-0.39, 0.29) is 5.91 Å². The zero-order chi connectivity index (χ0) is 34.5. The molecule has 47 heavy (non-hydrogen) atoms. The first-order chi connectivity index (χ1) is 22.4. The maximum absolute atomic E-state index is 12.6. The Morgan fingerprint density at radius 3 is 2.19 bits per heavy atom. The van der Waals surface area contributed by atoms with Gasteiger partial charge in [-0.3, -0.25) is 19.8 Å². The smallest absolute Gasteiger partial charge is 0.428 e. The number of nitrogens with zero attached hydrogens (tertiary/aromatic N) is 3. The van der Waals surface area contributed by atoms with Gasteiger partial charge in [-0.25, -0.2) is 15.0 Å². The van der Waals surface area contributed by atoms with E-state index in [9.17, 15) is 24.0 Å². The average molecular weight is 707 g/mol. The SMILES string of the molecule is COC(=O)C(C)Sc1nnc(SC(=O)N(C)C(C)C(=O)OCOC(=O)NNc2ccc(NC(=O)C(C)Oc3ccc(C)cc3)cc2)s1. The molecule has 3 unspecified atom stereocenters. The summed E-state index contributed by atoms with van der Waals surface area (Å²) in [5, 5.41) is 9.64. The van der Waals surface area contributed by atoms with Gasteiger partial charge in [-0.2, -0.15) is 0 Å². The van der Waals surface area contributed by atoms with Crippen LogP contribution in [0, 0.1) is 6.92 Å². The Bertz CT molecular complexity index is 1540. The number of hydrogen-bond donors (Lipinski definition) is 3. The molecule has 0 aliphatic carbocycles. The van der Waals surface area contributed by atoms with Crippen LogP contribution in [-0.2, 0) is 28.6 Å². The number of likely N-dealkylation sites (N-methyl/N-ethyl adjacent to an activating group) is 1. The molecule has 0 aliphatic rings. The van der Waals surface area contributed by atoms with E-state index in [1.165, 1.54) is 21.1 Å². The molecule has 2 aromatic carbocycles. The molecule has 0 bridgehead atoms. The Morgan fingerprint density at radius 2 is 1.53 bits per heavy atom. The summed E-state index contributed by atoms with van der Waals surface area (Å²) < 4.78 is 21.0. The van der Waals surface area contributed by atoms with Crippen molar-refractivity contribution >= 4 is 75.4 Å². The van der Waals surface area contributed by atoms with Gasteiger partial charge in [0.25, 0.3) is 11.1 Å². The van der Waals surface area contributed by atoms with Crippen LogP contribution in [0.1, 0.15) is 26.3 Å². The summed E-state index contributed by atoms with van der Waals surface area (Å²) in [5.41, 5.74) is 6.99. The minimum absolute atomic E-state index is 0.326. The fraction of sp³-hybridized carbons (Fsp3) is 0.345. The highest BCUT2D eigenvalue weighted by Crippen LogP contribution is 2.32. The van der Waals surface area contributed by atoms with Gasteiger partial charge >= 0.3 is 18.0 Å². The van der Waals surface area contributed by atoms with Crippen LogP contribution in [0.4, 0.5) is 21.0 Å². The van der Waals surface area contributed by atoms with Gasteiger partial charge in [0.1, 0.15) is 17.0 Å². The Balaban J connectivity index is 1.34. The van der Waals surface area contributed by atoms with Crippen LogP contribution >= 0.6 is 34.9 Å². The Hall–Kier alpha value is -4.55. The van der Waals surface area contributed by atoms with Crippen molar-refractivity contribution in [1.29, 1.82) is 0 Å². The number of anilines is 2. The molecule has 0 saturated heterocycles. The number of amides is 3. The summed E-state index contributed by atoms with van der Waals surface area (Å²) >= 11 is 3.03. The van der Waals surface area contributed by atoms with Gasteiger partial charge in [-0.15, -0.1) is 10.2 Å². The topological polar surface area (TPSA) is 187 Å². The van der Waals surface area contributed by atoms with Crippen molar-refractivity contribution in [3.05, 3.63) is 54.1 Å². The molecule has 1 aromatic heterocycles. The average Bonchev–Trinajstić information content (AvgIpc) is 3.50. The Kier molecular flexibility index (Phi) is 14.1. The van der Waals surface area contributed by atoms with E-state index in [4.69, 9.17) is 14.2 Å². The van der Waals surface area contributed by atoms with Crippen molar-refractivity contribution in [2.45, 2.75) is 53.8 Å². The maximum Gasteiger partial charge on any atom is 0.428 e. The first-order valence-electron chi connectivity index (χ1n) is 13.9. The maximum atomic E-state index is 12.6. The van der Waals surface area contributed by atoms with Crippen LogP contribution in [0.5, 0.6) is 5.75 Å². The van der Waals surface area contributed by atoms with Gasteiger partial charge in [0.2, 0.25) is 6.79 Å². The number of nitrogens with one attached hydrogen (secondary N) is 3. The third-order valence-electron chi connectivity index (χ3n) is 6.14. The molecule has 3 aromatic rings. The second kappa shape index (κ2) is 18.0. The minimum atomic E-state index is -1.00. The van der Waals surface area contributed by atoms with Gasteiger partial charge < -0.3 is 29.2 Å². The molecular weight excluding hydrogens is 673 g/mol. The number of aryl methyl sites for hydroxylation is 1.